The normalized spacial score (nSPS) is 13.9. The number of hydrogen-bond donors (Lipinski definition) is 1. The van der Waals surface area contributed by atoms with E-state index in [1.54, 1.807) is 35.5 Å². The maximum absolute atomic E-state index is 12.5. The molecular formula is C17H17ClN6O2. The Morgan fingerprint density at radius 1 is 1.35 bits per heavy atom. The van der Waals surface area contributed by atoms with E-state index in [1.807, 2.05) is 0 Å². The van der Waals surface area contributed by atoms with Crippen LogP contribution in [-0.4, -0.2) is 54.2 Å². The number of piperazine rings is 1. The van der Waals surface area contributed by atoms with Crippen LogP contribution in [0, 0.1) is 11.3 Å². The molecule has 1 saturated heterocycles. The van der Waals surface area contributed by atoms with Gasteiger partial charge in [0.15, 0.2) is 0 Å². The lowest BCUT2D eigenvalue weighted by Crippen LogP contribution is -2.50. The standard InChI is InChI=1S/C17H17ClN6O2/c1-26-16-9-13(8-15(18)22-16)21-17(25)24-6-4-23(5-7-24)14-11-20-3-2-12(14)10-19/h2-3,8-9,11H,4-7H2,1H3,(H,21,22,25). The van der Waals surface area contributed by atoms with Crippen molar-refractivity contribution in [2.45, 2.75) is 0 Å². The van der Waals surface area contributed by atoms with E-state index in [9.17, 15) is 10.1 Å². The highest BCUT2D eigenvalue weighted by Gasteiger charge is 2.23. The van der Waals surface area contributed by atoms with Gasteiger partial charge in [0, 0.05) is 38.4 Å². The van der Waals surface area contributed by atoms with Crippen molar-refractivity contribution in [2.75, 3.05) is 43.5 Å². The third-order valence-electron chi connectivity index (χ3n) is 4.06. The lowest BCUT2D eigenvalue weighted by atomic mass is 10.2. The minimum atomic E-state index is -0.222. The van der Waals surface area contributed by atoms with Crippen molar-refractivity contribution < 1.29 is 9.53 Å². The smallest absolute Gasteiger partial charge is 0.321 e. The van der Waals surface area contributed by atoms with Crippen molar-refractivity contribution in [2.24, 2.45) is 0 Å². The summed E-state index contributed by atoms with van der Waals surface area (Å²) >= 11 is 5.92. The molecule has 0 radical (unpaired) electrons. The molecule has 2 amide bonds. The molecule has 0 aromatic carbocycles. The van der Waals surface area contributed by atoms with E-state index in [-0.39, 0.29) is 11.2 Å². The lowest BCUT2D eigenvalue weighted by Gasteiger charge is -2.36. The van der Waals surface area contributed by atoms with E-state index >= 15 is 0 Å². The van der Waals surface area contributed by atoms with Gasteiger partial charge in [-0.15, -0.1) is 0 Å². The largest absolute Gasteiger partial charge is 0.481 e. The predicted molar refractivity (Wildman–Crippen MR) is 97.6 cm³/mol. The van der Waals surface area contributed by atoms with E-state index < -0.39 is 0 Å². The van der Waals surface area contributed by atoms with Crippen molar-refractivity contribution in [3.8, 4) is 11.9 Å². The minimum absolute atomic E-state index is 0.222. The zero-order valence-corrected chi connectivity index (χ0v) is 14.9. The number of urea groups is 1. The Hall–Kier alpha value is -3.05. The van der Waals surface area contributed by atoms with E-state index in [0.29, 0.717) is 43.3 Å². The first-order chi connectivity index (χ1) is 12.6. The molecule has 3 rings (SSSR count). The first-order valence-corrected chi connectivity index (χ1v) is 8.35. The van der Waals surface area contributed by atoms with Crippen LogP contribution in [0.3, 0.4) is 0 Å². The number of amides is 2. The summed E-state index contributed by atoms with van der Waals surface area (Å²) in [6.45, 7) is 2.30. The molecule has 3 heterocycles. The van der Waals surface area contributed by atoms with Gasteiger partial charge in [0.2, 0.25) is 5.88 Å². The predicted octanol–water partition coefficient (Wildman–Crippen LogP) is 2.36. The summed E-state index contributed by atoms with van der Waals surface area (Å²) in [5.74, 6) is 0.332. The Labute approximate surface area is 156 Å². The van der Waals surface area contributed by atoms with Crippen LogP contribution < -0.4 is 15.0 Å². The molecule has 134 valence electrons. The van der Waals surface area contributed by atoms with Gasteiger partial charge in [-0.3, -0.25) is 4.98 Å². The van der Waals surface area contributed by atoms with Crippen LogP contribution in [0.25, 0.3) is 0 Å². The van der Waals surface area contributed by atoms with Gasteiger partial charge in [-0.2, -0.15) is 5.26 Å². The molecule has 1 aliphatic rings. The Bertz CT molecular complexity index is 845. The van der Waals surface area contributed by atoms with Crippen LogP contribution in [0.2, 0.25) is 5.15 Å². The van der Waals surface area contributed by atoms with Crippen LogP contribution in [0.5, 0.6) is 5.88 Å². The fourth-order valence-corrected chi connectivity index (χ4v) is 2.94. The van der Waals surface area contributed by atoms with Gasteiger partial charge in [-0.05, 0) is 12.1 Å². The number of nitrogens with one attached hydrogen (secondary N) is 1. The van der Waals surface area contributed by atoms with E-state index in [1.165, 1.54) is 7.11 Å². The Morgan fingerprint density at radius 3 is 2.81 bits per heavy atom. The molecule has 1 aliphatic heterocycles. The third-order valence-corrected chi connectivity index (χ3v) is 4.25. The lowest BCUT2D eigenvalue weighted by molar-refractivity contribution is 0.208. The van der Waals surface area contributed by atoms with Crippen LogP contribution in [0.15, 0.2) is 30.6 Å². The monoisotopic (exact) mass is 372 g/mol. The summed E-state index contributed by atoms with van der Waals surface area (Å²) < 4.78 is 5.05. The summed E-state index contributed by atoms with van der Waals surface area (Å²) in [6, 6.07) is 6.81. The number of hydrogen-bond acceptors (Lipinski definition) is 6. The second kappa shape index (κ2) is 7.89. The molecule has 0 spiro atoms. The van der Waals surface area contributed by atoms with Crippen molar-refractivity contribution in [3.05, 3.63) is 41.3 Å². The number of anilines is 2. The average Bonchev–Trinajstić information content (AvgIpc) is 2.67. The molecule has 0 atom stereocenters. The van der Waals surface area contributed by atoms with Crippen LogP contribution in [0.1, 0.15) is 5.56 Å². The molecule has 0 saturated carbocycles. The number of halogens is 1. The van der Waals surface area contributed by atoms with Gasteiger partial charge in [-0.25, -0.2) is 9.78 Å². The molecule has 0 unspecified atom stereocenters. The van der Waals surface area contributed by atoms with Gasteiger partial charge in [0.25, 0.3) is 0 Å². The quantitative estimate of drug-likeness (QED) is 0.831. The zero-order chi connectivity index (χ0) is 18.5. The topological polar surface area (TPSA) is 94.4 Å². The highest BCUT2D eigenvalue weighted by molar-refractivity contribution is 6.29. The summed E-state index contributed by atoms with van der Waals surface area (Å²) in [6.07, 6.45) is 3.28. The van der Waals surface area contributed by atoms with Crippen molar-refractivity contribution >= 4 is 29.0 Å². The average molecular weight is 373 g/mol. The first-order valence-electron chi connectivity index (χ1n) is 7.97. The second-order valence-corrected chi connectivity index (χ2v) is 6.02. The number of nitriles is 1. The van der Waals surface area contributed by atoms with E-state index in [0.717, 1.165) is 5.69 Å². The molecule has 2 aromatic rings. The summed E-state index contributed by atoms with van der Waals surface area (Å²) in [5, 5.41) is 12.3. The number of rotatable bonds is 3. The maximum Gasteiger partial charge on any atom is 0.321 e. The highest BCUT2D eigenvalue weighted by Crippen LogP contribution is 2.22. The van der Waals surface area contributed by atoms with E-state index in [4.69, 9.17) is 16.3 Å². The fraction of sp³-hybridized carbons (Fsp3) is 0.294. The summed E-state index contributed by atoms with van der Waals surface area (Å²) in [7, 11) is 1.48. The Balaban J connectivity index is 1.62. The molecule has 1 N–H and O–H groups in total. The summed E-state index contributed by atoms with van der Waals surface area (Å²) in [4.78, 5) is 24.3. The number of carbonyl (C=O) groups is 1. The van der Waals surface area contributed by atoms with Crippen LogP contribution in [-0.2, 0) is 0 Å². The van der Waals surface area contributed by atoms with Crippen molar-refractivity contribution in [1.29, 1.82) is 5.26 Å². The van der Waals surface area contributed by atoms with E-state index in [2.05, 4.69) is 26.3 Å². The minimum Gasteiger partial charge on any atom is -0.481 e. The van der Waals surface area contributed by atoms with Gasteiger partial charge in [0.05, 0.1) is 30.2 Å². The number of methoxy groups -OCH3 is 1. The van der Waals surface area contributed by atoms with Gasteiger partial charge in [0.1, 0.15) is 11.2 Å². The number of nitrogens with zero attached hydrogens (tertiary/aromatic N) is 5. The molecule has 26 heavy (non-hydrogen) atoms. The van der Waals surface area contributed by atoms with Crippen molar-refractivity contribution in [1.82, 2.24) is 14.9 Å². The zero-order valence-electron chi connectivity index (χ0n) is 14.1. The molecule has 0 aliphatic carbocycles. The highest BCUT2D eigenvalue weighted by atomic mass is 35.5. The summed E-state index contributed by atoms with van der Waals surface area (Å²) in [5.41, 5.74) is 1.89. The van der Waals surface area contributed by atoms with Crippen LogP contribution in [0.4, 0.5) is 16.2 Å². The first kappa shape index (κ1) is 17.8. The third kappa shape index (κ3) is 3.95. The maximum atomic E-state index is 12.5. The number of carbonyl (C=O) groups excluding carboxylic acids is 1. The second-order valence-electron chi connectivity index (χ2n) is 5.63. The molecule has 2 aromatic heterocycles. The molecule has 1 fully saturated rings. The number of pyridine rings is 2. The van der Waals surface area contributed by atoms with Crippen molar-refractivity contribution in [3.63, 3.8) is 0 Å². The SMILES string of the molecule is COc1cc(NC(=O)N2CCN(c3cnccc3C#N)CC2)cc(Cl)n1. The molecule has 8 nitrogen and oxygen atoms in total. The Morgan fingerprint density at radius 2 is 2.12 bits per heavy atom. The number of ether oxygens (including phenoxy) is 1. The fourth-order valence-electron chi connectivity index (χ4n) is 2.74. The Kier molecular flexibility index (Phi) is 5.39. The molecule has 9 heteroatoms. The molecular weight excluding hydrogens is 356 g/mol. The van der Waals surface area contributed by atoms with Gasteiger partial charge >= 0.3 is 6.03 Å². The molecule has 0 bridgehead atoms. The van der Waals surface area contributed by atoms with Gasteiger partial charge in [-0.1, -0.05) is 11.6 Å². The number of aromatic nitrogens is 2. The van der Waals surface area contributed by atoms with Gasteiger partial charge < -0.3 is 19.9 Å². The van der Waals surface area contributed by atoms with Crippen LogP contribution >= 0.6 is 11.6 Å².